The van der Waals surface area contributed by atoms with Crippen LogP contribution in [0.3, 0.4) is 0 Å². The van der Waals surface area contributed by atoms with Crippen molar-refractivity contribution in [2.24, 2.45) is 5.73 Å². The number of hydrogen-bond donors (Lipinski definition) is 2. The van der Waals surface area contributed by atoms with Crippen LogP contribution in [0.5, 0.6) is 0 Å². The van der Waals surface area contributed by atoms with Crippen LogP contribution in [0.1, 0.15) is 13.3 Å². The molecular weight excluding hydrogens is 579 g/mol. The van der Waals surface area contributed by atoms with E-state index in [4.69, 9.17) is 48.5 Å². The zero-order valence-corrected chi connectivity index (χ0v) is 30.2. The molecule has 3 N–H and O–H groups in total. The van der Waals surface area contributed by atoms with Gasteiger partial charge in [-0.15, -0.1) is 0 Å². The lowest BCUT2D eigenvalue weighted by Gasteiger charge is -2.34. The highest BCUT2D eigenvalue weighted by atomic mass is 28.5. The summed E-state index contributed by atoms with van der Waals surface area (Å²) in [5.74, 6) is 0. The Balaban J connectivity index is 5.34. The lowest BCUT2D eigenvalue weighted by Crippen LogP contribution is -2.53. The summed E-state index contributed by atoms with van der Waals surface area (Å²) < 4.78 is 53.6. The molecule has 0 aliphatic heterocycles. The van der Waals surface area contributed by atoms with E-state index < -0.39 is 52.8 Å². The molecule has 0 saturated carbocycles. The molecule has 1 unspecified atom stereocenters. The van der Waals surface area contributed by atoms with Gasteiger partial charge in [0.1, 0.15) is 6.79 Å². The van der Waals surface area contributed by atoms with E-state index in [0.717, 1.165) is 0 Å². The average Bonchev–Trinajstić information content (AvgIpc) is 2.63. The van der Waals surface area contributed by atoms with Crippen molar-refractivity contribution in [2.45, 2.75) is 78.3 Å². The van der Waals surface area contributed by atoms with Crippen LogP contribution < -0.4 is 5.73 Å². The standard InChI is InChI=1S/C15H43NO10Si8/c1-11-18-32(7,8)26-33(9,10)23-29-25-34(14-12-13-16,24-28-22-30(2,3)4)20-15-19-31(5,6)21-27-17/h17H,11-16H2,1-10H3. The molecule has 0 aliphatic carbocycles. The van der Waals surface area contributed by atoms with E-state index in [9.17, 15) is 0 Å². The first-order valence-electron chi connectivity index (χ1n) is 11.1. The molecule has 34 heavy (non-hydrogen) atoms. The van der Waals surface area contributed by atoms with Gasteiger partial charge >= 0.3 is 64.5 Å². The second kappa shape index (κ2) is 16.3. The first kappa shape index (κ1) is 35.3. The normalized spacial score (nSPS) is 15.5. The SMILES string of the molecule is CCO[Si](C)(C)O[Si](C)(C)O[Si]O[Si](CCCN)(OCO[Si](C)(C)O[Si]O)O[Si]O[Si](C)(C)C. The van der Waals surface area contributed by atoms with Crippen LogP contribution in [0.4, 0.5) is 0 Å². The fourth-order valence-corrected chi connectivity index (χ4v) is 16.9. The van der Waals surface area contributed by atoms with Crippen LogP contribution in [0.25, 0.3) is 0 Å². The van der Waals surface area contributed by atoms with Crippen molar-refractivity contribution in [3.05, 3.63) is 0 Å². The first-order chi connectivity index (χ1) is 15.5. The van der Waals surface area contributed by atoms with E-state index in [-0.39, 0.29) is 26.8 Å². The van der Waals surface area contributed by atoms with Crippen LogP contribution >= 0.6 is 0 Å². The van der Waals surface area contributed by atoms with Crippen molar-refractivity contribution >= 4 is 72.8 Å². The van der Waals surface area contributed by atoms with Crippen LogP contribution in [0.2, 0.25) is 65.0 Å². The van der Waals surface area contributed by atoms with Gasteiger partial charge in [-0.3, -0.25) is 0 Å². The predicted molar refractivity (Wildman–Crippen MR) is 145 cm³/mol. The highest BCUT2D eigenvalue weighted by Crippen LogP contribution is 2.21. The molecule has 0 amide bonds. The summed E-state index contributed by atoms with van der Waals surface area (Å²) >= 11 is 0. The lowest BCUT2D eigenvalue weighted by molar-refractivity contribution is 0.0385. The van der Waals surface area contributed by atoms with Crippen LogP contribution in [-0.4, -0.2) is 97.6 Å². The molecule has 0 rings (SSSR count). The Morgan fingerprint density at radius 1 is 0.706 bits per heavy atom. The van der Waals surface area contributed by atoms with Crippen molar-refractivity contribution in [3.63, 3.8) is 0 Å². The summed E-state index contributed by atoms with van der Waals surface area (Å²) in [7, 11) is -13.7. The highest BCUT2D eigenvalue weighted by Gasteiger charge is 2.44. The maximum absolute atomic E-state index is 9.10. The molecule has 1 atom stereocenters. The van der Waals surface area contributed by atoms with Crippen LogP contribution in [-0.2, 0) is 38.0 Å². The van der Waals surface area contributed by atoms with Gasteiger partial charge in [0.25, 0.3) is 0 Å². The monoisotopic (exact) mass is 621 g/mol. The van der Waals surface area contributed by atoms with Gasteiger partial charge in [-0.05, 0) is 78.8 Å². The zero-order valence-electron chi connectivity index (χ0n) is 22.2. The minimum absolute atomic E-state index is 0.0932. The van der Waals surface area contributed by atoms with Gasteiger partial charge in [0.15, 0.2) is 8.32 Å². The summed E-state index contributed by atoms with van der Waals surface area (Å²) in [6, 6.07) is 0.484. The molecular formula is C15H43NO10Si8. The van der Waals surface area contributed by atoms with Gasteiger partial charge < -0.3 is 48.5 Å². The Morgan fingerprint density at radius 3 is 1.79 bits per heavy atom. The topological polar surface area (TPSA) is 129 Å². The Hall–Kier alpha value is 1.30. The molecule has 0 fully saturated rings. The average molecular weight is 622 g/mol. The molecule has 0 saturated heterocycles. The Kier molecular flexibility index (Phi) is 16.9. The molecule has 0 aliphatic rings. The third-order valence-electron chi connectivity index (χ3n) is 3.68. The molecule has 0 aromatic heterocycles. The molecule has 0 aromatic rings. The molecule has 0 bridgehead atoms. The Morgan fingerprint density at radius 2 is 1.29 bits per heavy atom. The summed E-state index contributed by atoms with van der Waals surface area (Å²) in [6.45, 7) is 20.7. The summed E-state index contributed by atoms with van der Waals surface area (Å²) in [4.78, 5) is 9.10. The first-order valence-corrected chi connectivity index (χ1v) is 27.4. The largest absolute Gasteiger partial charge is 0.484 e. The van der Waals surface area contributed by atoms with Crippen molar-refractivity contribution in [1.82, 2.24) is 0 Å². The number of nitrogens with two attached hydrogens (primary N) is 1. The van der Waals surface area contributed by atoms with Crippen LogP contribution in [0, 0.1) is 0 Å². The van der Waals surface area contributed by atoms with Gasteiger partial charge in [-0.25, -0.2) is 0 Å². The Labute approximate surface area is 219 Å². The molecule has 0 aromatic carbocycles. The summed E-state index contributed by atoms with van der Waals surface area (Å²) in [6.07, 6.45) is 0.644. The van der Waals surface area contributed by atoms with E-state index >= 15 is 0 Å². The number of rotatable bonds is 21. The zero-order chi connectivity index (χ0) is 26.5. The van der Waals surface area contributed by atoms with E-state index in [1.165, 1.54) is 0 Å². The maximum atomic E-state index is 9.10. The molecule has 0 spiro atoms. The van der Waals surface area contributed by atoms with E-state index in [1.54, 1.807) is 0 Å². The van der Waals surface area contributed by atoms with Gasteiger partial charge in [0.05, 0.1) is 0 Å². The highest BCUT2D eigenvalue weighted by molar-refractivity contribution is 6.81. The molecule has 11 nitrogen and oxygen atoms in total. The summed E-state index contributed by atoms with van der Waals surface area (Å²) in [5.41, 5.74) is 5.78. The fourth-order valence-electron chi connectivity index (χ4n) is 2.36. The van der Waals surface area contributed by atoms with Crippen molar-refractivity contribution in [3.8, 4) is 0 Å². The van der Waals surface area contributed by atoms with Crippen molar-refractivity contribution in [1.29, 1.82) is 0 Å². The third-order valence-corrected chi connectivity index (χ3v) is 21.5. The minimum atomic E-state index is -3.27. The maximum Gasteiger partial charge on any atom is 0.484 e. The van der Waals surface area contributed by atoms with E-state index in [0.29, 0.717) is 25.6 Å². The molecule has 6 radical (unpaired) electrons. The van der Waals surface area contributed by atoms with Gasteiger partial charge in [0.2, 0.25) is 0 Å². The molecule has 19 heteroatoms. The fraction of sp³-hybridized carbons (Fsp3) is 1.00. The molecule has 0 heterocycles. The van der Waals surface area contributed by atoms with Crippen molar-refractivity contribution in [2.75, 3.05) is 19.9 Å². The Bertz CT molecular complexity index is 558. The van der Waals surface area contributed by atoms with Crippen LogP contribution in [0.15, 0.2) is 0 Å². The van der Waals surface area contributed by atoms with Gasteiger partial charge in [-0.1, -0.05) is 0 Å². The molecule has 200 valence electrons. The van der Waals surface area contributed by atoms with Gasteiger partial charge in [-0.2, -0.15) is 0 Å². The third kappa shape index (κ3) is 17.7. The smallest absolute Gasteiger partial charge is 0.435 e. The number of hydrogen-bond acceptors (Lipinski definition) is 11. The predicted octanol–water partition coefficient (Wildman–Crippen LogP) is 1.94. The minimum Gasteiger partial charge on any atom is -0.435 e. The van der Waals surface area contributed by atoms with E-state index in [2.05, 4.69) is 19.6 Å². The van der Waals surface area contributed by atoms with E-state index in [1.807, 2.05) is 46.2 Å². The lowest BCUT2D eigenvalue weighted by atomic mass is 10.5. The van der Waals surface area contributed by atoms with Crippen molar-refractivity contribution < 1.29 is 42.8 Å². The van der Waals surface area contributed by atoms with Gasteiger partial charge in [0, 0.05) is 12.7 Å². The second-order valence-corrected chi connectivity index (χ2v) is 30.4. The quantitative estimate of drug-likeness (QED) is 0.144. The second-order valence-electron chi connectivity index (χ2n) is 9.60. The summed E-state index contributed by atoms with van der Waals surface area (Å²) in [5, 5.41) is 0.